The SMILES string of the molecule is CCCCCCC#CC#Cc1ccccc1N. The van der Waals surface area contributed by atoms with Crippen LogP contribution in [0.3, 0.4) is 0 Å². The van der Waals surface area contributed by atoms with E-state index < -0.39 is 0 Å². The van der Waals surface area contributed by atoms with Crippen molar-refractivity contribution in [3.63, 3.8) is 0 Å². The zero-order valence-electron chi connectivity index (χ0n) is 10.4. The van der Waals surface area contributed by atoms with E-state index in [0.717, 1.165) is 12.0 Å². The van der Waals surface area contributed by atoms with Gasteiger partial charge in [0.05, 0.1) is 0 Å². The topological polar surface area (TPSA) is 26.0 Å². The van der Waals surface area contributed by atoms with Crippen molar-refractivity contribution in [3.05, 3.63) is 29.8 Å². The molecule has 1 aromatic carbocycles. The van der Waals surface area contributed by atoms with Crippen LogP contribution in [0.1, 0.15) is 44.6 Å². The zero-order valence-corrected chi connectivity index (χ0v) is 10.4. The monoisotopic (exact) mass is 225 g/mol. The fourth-order valence-electron chi connectivity index (χ4n) is 1.46. The molecule has 0 saturated carbocycles. The zero-order chi connectivity index (χ0) is 12.3. The van der Waals surface area contributed by atoms with Crippen molar-refractivity contribution in [2.24, 2.45) is 0 Å². The standard InChI is InChI=1S/C16H19N/c1-2-3-4-5-6-7-8-9-12-15-13-10-11-14-16(15)17/h10-11,13-14H,2-6,17H2,1H3. The van der Waals surface area contributed by atoms with E-state index in [1.807, 2.05) is 24.3 Å². The lowest BCUT2D eigenvalue weighted by atomic mass is 10.1. The fraction of sp³-hybridized carbons (Fsp3) is 0.375. The van der Waals surface area contributed by atoms with Crippen LogP contribution >= 0.6 is 0 Å². The van der Waals surface area contributed by atoms with Gasteiger partial charge in [-0.1, -0.05) is 50.2 Å². The molecule has 1 rings (SSSR count). The van der Waals surface area contributed by atoms with E-state index in [-0.39, 0.29) is 0 Å². The van der Waals surface area contributed by atoms with Crippen LogP contribution in [0.5, 0.6) is 0 Å². The average Bonchev–Trinajstić information content (AvgIpc) is 2.35. The number of benzene rings is 1. The van der Waals surface area contributed by atoms with Crippen LogP contribution in [0.25, 0.3) is 0 Å². The molecule has 0 spiro atoms. The van der Waals surface area contributed by atoms with Gasteiger partial charge in [-0.05, 0) is 30.4 Å². The van der Waals surface area contributed by atoms with E-state index in [0.29, 0.717) is 5.69 Å². The van der Waals surface area contributed by atoms with Gasteiger partial charge in [-0.15, -0.1) is 0 Å². The summed E-state index contributed by atoms with van der Waals surface area (Å²) >= 11 is 0. The maximum absolute atomic E-state index is 5.77. The van der Waals surface area contributed by atoms with Crippen LogP contribution in [-0.2, 0) is 0 Å². The maximum Gasteiger partial charge on any atom is 0.0485 e. The molecule has 0 bridgehead atoms. The molecular formula is C16H19N. The van der Waals surface area contributed by atoms with Crippen molar-refractivity contribution in [2.45, 2.75) is 39.0 Å². The normalized spacial score (nSPS) is 8.76. The Bertz CT molecular complexity index is 452. The highest BCUT2D eigenvalue weighted by Crippen LogP contribution is 2.07. The molecule has 2 N–H and O–H groups in total. The van der Waals surface area contributed by atoms with Crippen molar-refractivity contribution in [3.8, 4) is 23.7 Å². The van der Waals surface area contributed by atoms with Gasteiger partial charge < -0.3 is 5.73 Å². The van der Waals surface area contributed by atoms with Crippen LogP contribution in [0.15, 0.2) is 24.3 Å². The van der Waals surface area contributed by atoms with Crippen molar-refractivity contribution < 1.29 is 0 Å². The fourth-order valence-corrected chi connectivity index (χ4v) is 1.46. The number of hydrogen-bond donors (Lipinski definition) is 1. The summed E-state index contributed by atoms with van der Waals surface area (Å²) in [5.41, 5.74) is 7.33. The molecule has 0 aliphatic heterocycles. The molecule has 0 unspecified atom stereocenters. The Morgan fingerprint density at radius 3 is 2.65 bits per heavy atom. The summed E-state index contributed by atoms with van der Waals surface area (Å²) in [5, 5.41) is 0. The highest BCUT2D eigenvalue weighted by atomic mass is 14.5. The minimum Gasteiger partial charge on any atom is -0.398 e. The molecule has 88 valence electrons. The molecule has 0 heterocycles. The molecule has 0 aliphatic rings. The van der Waals surface area contributed by atoms with E-state index >= 15 is 0 Å². The number of anilines is 1. The highest BCUT2D eigenvalue weighted by molar-refractivity contribution is 5.56. The Morgan fingerprint density at radius 1 is 1.06 bits per heavy atom. The van der Waals surface area contributed by atoms with E-state index in [9.17, 15) is 0 Å². The summed E-state index contributed by atoms with van der Waals surface area (Å²) in [5.74, 6) is 11.7. The quantitative estimate of drug-likeness (QED) is 0.473. The van der Waals surface area contributed by atoms with Crippen molar-refractivity contribution >= 4 is 5.69 Å². The Balaban J connectivity index is 2.36. The minimum atomic E-state index is 0.713. The summed E-state index contributed by atoms with van der Waals surface area (Å²) < 4.78 is 0. The average molecular weight is 225 g/mol. The molecule has 0 aliphatic carbocycles. The van der Waals surface area contributed by atoms with Gasteiger partial charge in [0.2, 0.25) is 0 Å². The molecule has 0 amide bonds. The summed E-state index contributed by atoms with van der Waals surface area (Å²) in [4.78, 5) is 0. The first kappa shape index (κ1) is 13.2. The van der Waals surface area contributed by atoms with Gasteiger partial charge in [-0.3, -0.25) is 0 Å². The molecule has 1 nitrogen and oxygen atoms in total. The molecule has 17 heavy (non-hydrogen) atoms. The number of nitrogen functional groups attached to an aromatic ring is 1. The van der Waals surface area contributed by atoms with E-state index in [4.69, 9.17) is 5.73 Å². The molecule has 1 heteroatoms. The molecule has 0 aromatic heterocycles. The second-order valence-corrected chi connectivity index (χ2v) is 3.95. The predicted molar refractivity (Wildman–Crippen MR) is 74.3 cm³/mol. The Morgan fingerprint density at radius 2 is 1.88 bits per heavy atom. The molecule has 0 atom stereocenters. The molecule has 0 radical (unpaired) electrons. The molecular weight excluding hydrogens is 206 g/mol. The van der Waals surface area contributed by atoms with Gasteiger partial charge in [-0.25, -0.2) is 0 Å². The lowest BCUT2D eigenvalue weighted by Gasteiger charge is -1.93. The van der Waals surface area contributed by atoms with E-state index in [1.165, 1.54) is 25.7 Å². The largest absolute Gasteiger partial charge is 0.398 e. The molecule has 0 saturated heterocycles. The summed E-state index contributed by atoms with van der Waals surface area (Å²) in [6.07, 6.45) is 5.95. The summed E-state index contributed by atoms with van der Waals surface area (Å²) in [6, 6.07) is 7.59. The van der Waals surface area contributed by atoms with E-state index in [1.54, 1.807) is 0 Å². The van der Waals surface area contributed by atoms with Crippen LogP contribution in [-0.4, -0.2) is 0 Å². The molecule has 1 aromatic rings. The second kappa shape index (κ2) is 8.31. The smallest absolute Gasteiger partial charge is 0.0485 e. The highest BCUT2D eigenvalue weighted by Gasteiger charge is 1.89. The third-order valence-electron chi connectivity index (χ3n) is 2.46. The third kappa shape index (κ3) is 5.69. The van der Waals surface area contributed by atoms with Crippen LogP contribution in [0.4, 0.5) is 5.69 Å². The van der Waals surface area contributed by atoms with Crippen LogP contribution in [0, 0.1) is 23.7 Å². The van der Waals surface area contributed by atoms with Gasteiger partial charge in [0.1, 0.15) is 0 Å². The number of nitrogens with two attached hydrogens (primary N) is 1. The van der Waals surface area contributed by atoms with Crippen molar-refractivity contribution in [2.75, 3.05) is 5.73 Å². The number of unbranched alkanes of at least 4 members (excludes halogenated alkanes) is 4. The second-order valence-electron chi connectivity index (χ2n) is 3.95. The minimum absolute atomic E-state index is 0.713. The molecule has 0 fully saturated rings. The third-order valence-corrected chi connectivity index (χ3v) is 2.46. The van der Waals surface area contributed by atoms with Gasteiger partial charge in [0, 0.05) is 17.7 Å². The van der Waals surface area contributed by atoms with Crippen LogP contribution < -0.4 is 5.73 Å². The van der Waals surface area contributed by atoms with Gasteiger partial charge in [0.15, 0.2) is 0 Å². The van der Waals surface area contributed by atoms with E-state index in [2.05, 4.69) is 30.6 Å². The number of rotatable bonds is 4. The number of para-hydroxylation sites is 1. The van der Waals surface area contributed by atoms with Crippen molar-refractivity contribution in [1.82, 2.24) is 0 Å². The predicted octanol–water partition coefficient (Wildman–Crippen LogP) is 3.59. The lowest BCUT2D eigenvalue weighted by molar-refractivity contribution is 0.680. The lowest BCUT2D eigenvalue weighted by Crippen LogP contribution is -1.87. The number of hydrogen-bond acceptors (Lipinski definition) is 1. The van der Waals surface area contributed by atoms with Gasteiger partial charge >= 0.3 is 0 Å². The first-order valence-corrected chi connectivity index (χ1v) is 6.18. The van der Waals surface area contributed by atoms with Crippen molar-refractivity contribution in [1.29, 1.82) is 0 Å². The summed E-state index contributed by atoms with van der Waals surface area (Å²) in [7, 11) is 0. The maximum atomic E-state index is 5.77. The Kier molecular flexibility index (Phi) is 6.46. The first-order chi connectivity index (χ1) is 8.34. The first-order valence-electron chi connectivity index (χ1n) is 6.18. The van der Waals surface area contributed by atoms with Crippen LogP contribution in [0.2, 0.25) is 0 Å². The van der Waals surface area contributed by atoms with Gasteiger partial charge in [-0.2, -0.15) is 0 Å². The van der Waals surface area contributed by atoms with Gasteiger partial charge in [0.25, 0.3) is 0 Å². The Hall–Kier alpha value is -1.86. The Labute approximate surface area is 104 Å². The summed E-state index contributed by atoms with van der Waals surface area (Å²) in [6.45, 7) is 2.21.